The molecule has 2 N–H and O–H groups in total. The molecule has 2 heterocycles. The van der Waals surface area contributed by atoms with Crippen molar-refractivity contribution in [2.45, 2.75) is 20.4 Å². The first-order valence-corrected chi connectivity index (χ1v) is 6.66. The molecule has 106 valence electrons. The Morgan fingerprint density at radius 2 is 2.25 bits per heavy atom. The quantitative estimate of drug-likeness (QED) is 0.835. The Morgan fingerprint density at radius 1 is 1.40 bits per heavy atom. The van der Waals surface area contributed by atoms with Gasteiger partial charge in [0.25, 0.3) is 5.91 Å². The predicted molar refractivity (Wildman–Crippen MR) is 77.7 cm³/mol. The van der Waals surface area contributed by atoms with Crippen LogP contribution in [0.5, 0.6) is 0 Å². The van der Waals surface area contributed by atoms with E-state index >= 15 is 0 Å². The van der Waals surface area contributed by atoms with Crippen molar-refractivity contribution in [3.05, 3.63) is 42.0 Å². The second kappa shape index (κ2) is 6.70. The summed E-state index contributed by atoms with van der Waals surface area (Å²) in [5, 5.41) is 10.2. The van der Waals surface area contributed by atoms with Gasteiger partial charge in [0.05, 0.1) is 30.2 Å². The average Bonchev–Trinajstić information content (AvgIpc) is 2.85. The lowest BCUT2D eigenvalue weighted by molar-refractivity contribution is 0.0952. The first kappa shape index (κ1) is 14.0. The van der Waals surface area contributed by atoms with Crippen LogP contribution in [0, 0.1) is 6.92 Å². The second-order valence-corrected chi connectivity index (χ2v) is 4.49. The van der Waals surface area contributed by atoms with E-state index in [2.05, 4.69) is 20.7 Å². The van der Waals surface area contributed by atoms with Gasteiger partial charge in [0, 0.05) is 25.5 Å². The van der Waals surface area contributed by atoms with Crippen molar-refractivity contribution in [3.63, 3.8) is 0 Å². The number of carbonyl (C=O) groups excluding carboxylic acids is 1. The van der Waals surface area contributed by atoms with Crippen LogP contribution in [0.2, 0.25) is 0 Å². The van der Waals surface area contributed by atoms with Gasteiger partial charge in [-0.1, -0.05) is 0 Å². The summed E-state index contributed by atoms with van der Waals surface area (Å²) >= 11 is 0. The van der Waals surface area contributed by atoms with E-state index in [1.165, 1.54) is 0 Å². The number of rotatable bonds is 6. The van der Waals surface area contributed by atoms with Crippen molar-refractivity contribution in [3.8, 4) is 0 Å². The van der Waals surface area contributed by atoms with Crippen LogP contribution in [-0.2, 0) is 6.54 Å². The second-order valence-electron chi connectivity index (χ2n) is 4.49. The summed E-state index contributed by atoms with van der Waals surface area (Å²) < 4.78 is 1.81. The molecule has 0 aliphatic carbocycles. The van der Waals surface area contributed by atoms with Gasteiger partial charge in [0.15, 0.2) is 0 Å². The van der Waals surface area contributed by atoms with E-state index in [1.54, 1.807) is 24.7 Å². The maximum atomic E-state index is 12.1. The Bertz CT molecular complexity index is 578. The van der Waals surface area contributed by atoms with Crippen LogP contribution in [0.4, 0.5) is 5.69 Å². The molecule has 6 heteroatoms. The Morgan fingerprint density at radius 3 is 2.95 bits per heavy atom. The summed E-state index contributed by atoms with van der Waals surface area (Å²) in [6.07, 6.45) is 7.03. The highest BCUT2D eigenvalue weighted by molar-refractivity contribution is 5.99. The van der Waals surface area contributed by atoms with Crippen LogP contribution in [0.1, 0.15) is 22.8 Å². The fraction of sp³-hybridized carbons (Fsp3) is 0.357. The molecule has 0 aliphatic rings. The lowest BCUT2D eigenvalue weighted by atomic mass is 10.2. The zero-order valence-corrected chi connectivity index (χ0v) is 11.8. The molecular formula is C14H19N5O. The van der Waals surface area contributed by atoms with Gasteiger partial charge in [-0.3, -0.25) is 14.5 Å². The van der Waals surface area contributed by atoms with Gasteiger partial charge in [0.2, 0.25) is 0 Å². The minimum atomic E-state index is -0.104. The minimum absolute atomic E-state index is 0.104. The van der Waals surface area contributed by atoms with Gasteiger partial charge in [-0.15, -0.1) is 0 Å². The van der Waals surface area contributed by atoms with Crippen LogP contribution >= 0.6 is 0 Å². The molecule has 6 nitrogen and oxygen atoms in total. The summed E-state index contributed by atoms with van der Waals surface area (Å²) in [6, 6.07) is 1.71. The molecule has 20 heavy (non-hydrogen) atoms. The highest BCUT2D eigenvalue weighted by Gasteiger charge is 2.10. The molecule has 0 spiro atoms. The number of hydrogen-bond donors (Lipinski definition) is 2. The number of carbonyl (C=O) groups is 1. The smallest absolute Gasteiger partial charge is 0.253 e. The van der Waals surface area contributed by atoms with Crippen molar-refractivity contribution >= 4 is 11.6 Å². The van der Waals surface area contributed by atoms with E-state index in [9.17, 15) is 4.79 Å². The zero-order valence-electron chi connectivity index (χ0n) is 11.8. The predicted octanol–water partition coefficient (Wildman–Crippen LogP) is 1.45. The SMILES string of the molecule is CCNc1cnccc1C(=O)NCCn1cc(C)cn1. The third-order valence-electron chi connectivity index (χ3n) is 2.82. The highest BCUT2D eigenvalue weighted by Crippen LogP contribution is 2.12. The molecule has 0 unspecified atom stereocenters. The Balaban J connectivity index is 1.91. The third-order valence-corrected chi connectivity index (χ3v) is 2.82. The van der Waals surface area contributed by atoms with Crippen LogP contribution in [0.15, 0.2) is 30.9 Å². The Kier molecular flexibility index (Phi) is 4.70. The van der Waals surface area contributed by atoms with E-state index in [0.717, 1.165) is 17.8 Å². The summed E-state index contributed by atoms with van der Waals surface area (Å²) in [5.41, 5.74) is 2.47. The van der Waals surface area contributed by atoms with Gasteiger partial charge < -0.3 is 10.6 Å². The monoisotopic (exact) mass is 273 g/mol. The molecule has 2 rings (SSSR count). The molecule has 0 saturated heterocycles. The van der Waals surface area contributed by atoms with Crippen LogP contribution < -0.4 is 10.6 Å². The van der Waals surface area contributed by atoms with Crippen molar-refractivity contribution in [2.75, 3.05) is 18.4 Å². The fourth-order valence-corrected chi connectivity index (χ4v) is 1.89. The van der Waals surface area contributed by atoms with Crippen molar-refractivity contribution in [1.29, 1.82) is 0 Å². The number of aromatic nitrogens is 3. The van der Waals surface area contributed by atoms with Crippen LogP contribution in [0.25, 0.3) is 0 Å². The average molecular weight is 273 g/mol. The molecule has 0 bridgehead atoms. The summed E-state index contributed by atoms with van der Waals surface area (Å²) in [5.74, 6) is -0.104. The van der Waals surface area contributed by atoms with Gasteiger partial charge >= 0.3 is 0 Å². The number of nitrogens with zero attached hydrogens (tertiary/aromatic N) is 3. The molecule has 0 fully saturated rings. The minimum Gasteiger partial charge on any atom is -0.383 e. The standard InChI is InChI=1S/C14H19N5O/c1-3-16-13-9-15-5-4-12(13)14(20)17-6-7-19-10-11(2)8-18-19/h4-5,8-10,16H,3,6-7H2,1-2H3,(H,17,20). The first-order chi connectivity index (χ1) is 9.70. The third kappa shape index (κ3) is 3.57. The normalized spacial score (nSPS) is 10.3. The molecule has 2 aromatic rings. The van der Waals surface area contributed by atoms with Gasteiger partial charge in [-0.25, -0.2) is 0 Å². The van der Waals surface area contributed by atoms with Crippen LogP contribution in [-0.4, -0.2) is 33.8 Å². The van der Waals surface area contributed by atoms with Crippen LogP contribution in [0.3, 0.4) is 0 Å². The highest BCUT2D eigenvalue weighted by atomic mass is 16.1. The molecule has 0 atom stereocenters. The summed E-state index contributed by atoms with van der Waals surface area (Å²) in [7, 11) is 0. The van der Waals surface area contributed by atoms with Gasteiger partial charge in [-0.2, -0.15) is 5.10 Å². The number of pyridine rings is 1. The van der Waals surface area contributed by atoms with E-state index in [-0.39, 0.29) is 5.91 Å². The maximum Gasteiger partial charge on any atom is 0.253 e. The largest absolute Gasteiger partial charge is 0.383 e. The molecule has 0 aromatic carbocycles. The maximum absolute atomic E-state index is 12.1. The van der Waals surface area contributed by atoms with E-state index < -0.39 is 0 Å². The molecule has 2 aromatic heterocycles. The van der Waals surface area contributed by atoms with Gasteiger partial charge in [0.1, 0.15) is 0 Å². The van der Waals surface area contributed by atoms with Crippen molar-refractivity contribution < 1.29 is 4.79 Å². The number of nitrogens with one attached hydrogen (secondary N) is 2. The fourth-order valence-electron chi connectivity index (χ4n) is 1.89. The molecule has 0 radical (unpaired) electrons. The van der Waals surface area contributed by atoms with E-state index in [0.29, 0.717) is 18.7 Å². The summed E-state index contributed by atoms with van der Waals surface area (Å²) in [4.78, 5) is 16.1. The van der Waals surface area contributed by atoms with Crippen molar-refractivity contribution in [2.24, 2.45) is 0 Å². The van der Waals surface area contributed by atoms with Gasteiger partial charge in [-0.05, 0) is 25.5 Å². The number of anilines is 1. The Hall–Kier alpha value is -2.37. The zero-order chi connectivity index (χ0) is 14.4. The number of amides is 1. The molecule has 1 amide bonds. The lowest BCUT2D eigenvalue weighted by Crippen LogP contribution is -2.28. The molecule has 0 aliphatic heterocycles. The first-order valence-electron chi connectivity index (χ1n) is 6.66. The topological polar surface area (TPSA) is 71.8 Å². The van der Waals surface area contributed by atoms with E-state index in [4.69, 9.17) is 0 Å². The van der Waals surface area contributed by atoms with E-state index in [1.807, 2.05) is 24.7 Å². The lowest BCUT2D eigenvalue weighted by Gasteiger charge is -2.10. The number of hydrogen-bond acceptors (Lipinski definition) is 4. The number of aryl methyl sites for hydroxylation is 1. The summed E-state index contributed by atoms with van der Waals surface area (Å²) in [6.45, 7) is 5.91. The Labute approximate surface area is 118 Å². The van der Waals surface area contributed by atoms with Crippen molar-refractivity contribution in [1.82, 2.24) is 20.1 Å². The molecular weight excluding hydrogens is 254 g/mol. The molecule has 0 saturated carbocycles.